The summed E-state index contributed by atoms with van der Waals surface area (Å²) in [5, 5.41) is 0. The fraction of sp³-hybridized carbons (Fsp3) is 0.857. The minimum Gasteiger partial charge on any atom is -0.469 e. The van der Waals surface area contributed by atoms with Crippen LogP contribution in [-0.4, -0.2) is 23.0 Å². The number of methoxy groups -OCH3 is 1. The molecule has 0 bridgehead atoms. The molecule has 0 spiro atoms. The van der Waals surface area contributed by atoms with Gasteiger partial charge in [0.05, 0.1) is 7.11 Å². The second kappa shape index (κ2) is 7.55. The SMILES string of the molecule is COC(=O)CCCCCS(=O)Cl. The van der Waals surface area contributed by atoms with Crippen molar-refractivity contribution in [1.29, 1.82) is 0 Å². The van der Waals surface area contributed by atoms with Gasteiger partial charge in [-0.15, -0.1) is 0 Å². The molecule has 3 nitrogen and oxygen atoms in total. The van der Waals surface area contributed by atoms with E-state index in [2.05, 4.69) is 4.74 Å². The third-order valence-corrected chi connectivity index (χ3v) is 2.49. The van der Waals surface area contributed by atoms with Crippen molar-refractivity contribution in [3.05, 3.63) is 0 Å². The normalized spacial score (nSPS) is 12.5. The molecule has 0 saturated heterocycles. The monoisotopic (exact) mass is 212 g/mol. The van der Waals surface area contributed by atoms with Crippen LogP contribution in [0.15, 0.2) is 0 Å². The molecule has 72 valence electrons. The van der Waals surface area contributed by atoms with Gasteiger partial charge >= 0.3 is 5.97 Å². The van der Waals surface area contributed by atoms with E-state index >= 15 is 0 Å². The molecule has 0 aromatic heterocycles. The third kappa shape index (κ3) is 8.01. The maximum Gasteiger partial charge on any atom is 0.305 e. The Bertz CT molecular complexity index is 161. The molecule has 0 amide bonds. The lowest BCUT2D eigenvalue weighted by molar-refractivity contribution is -0.140. The summed E-state index contributed by atoms with van der Waals surface area (Å²) in [5.41, 5.74) is 0. The molecule has 0 N–H and O–H groups in total. The van der Waals surface area contributed by atoms with Crippen molar-refractivity contribution in [3.63, 3.8) is 0 Å². The Morgan fingerprint density at radius 3 is 2.58 bits per heavy atom. The van der Waals surface area contributed by atoms with E-state index in [0.717, 1.165) is 19.3 Å². The van der Waals surface area contributed by atoms with E-state index in [4.69, 9.17) is 10.7 Å². The van der Waals surface area contributed by atoms with Crippen molar-refractivity contribution >= 4 is 26.7 Å². The van der Waals surface area contributed by atoms with Gasteiger partial charge in [-0.3, -0.25) is 4.79 Å². The lowest BCUT2D eigenvalue weighted by atomic mass is 10.2. The van der Waals surface area contributed by atoms with Crippen LogP contribution in [0.4, 0.5) is 0 Å². The van der Waals surface area contributed by atoms with E-state index < -0.39 is 10.0 Å². The molecule has 0 aliphatic carbocycles. The van der Waals surface area contributed by atoms with Crippen LogP contribution in [0.2, 0.25) is 0 Å². The molecule has 0 aromatic rings. The van der Waals surface area contributed by atoms with Crippen LogP contribution in [0.25, 0.3) is 0 Å². The van der Waals surface area contributed by atoms with Crippen molar-refractivity contribution in [2.45, 2.75) is 25.7 Å². The zero-order valence-electron chi connectivity index (χ0n) is 7.05. The van der Waals surface area contributed by atoms with E-state index in [0.29, 0.717) is 12.2 Å². The highest BCUT2D eigenvalue weighted by Gasteiger charge is 1.99. The van der Waals surface area contributed by atoms with Crippen LogP contribution in [0.3, 0.4) is 0 Å². The second-order valence-electron chi connectivity index (χ2n) is 2.38. The average Bonchev–Trinajstić information content (AvgIpc) is 2.03. The first-order valence-electron chi connectivity index (χ1n) is 3.78. The summed E-state index contributed by atoms with van der Waals surface area (Å²) in [5.74, 6) is 0.310. The van der Waals surface area contributed by atoms with Crippen LogP contribution >= 0.6 is 10.7 Å². The van der Waals surface area contributed by atoms with Crippen molar-refractivity contribution in [2.75, 3.05) is 12.9 Å². The van der Waals surface area contributed by atoms with E-state index in [1.165, 1.54) is 7.11 Å². The molecule has 0 saturated carbocycles. The van der Waals surface area contributed by atoms with Gasteiger partial charge in [0.2, 0.25) is 0 Å². The average molecular weight is 213 g/mol. The van der Waals surface area contributed by atoms with Gasteiger partial charge in [-0.05, 0) is 23.5 Å². The molecule has 1 unspecified atom stereocenters. The van der Waals surface area contributed by atoms with Crippen LogP contribution < -0.4 is 0 Å². The molecule has 0 rings (SSSR count). The van der Waals surface area contributed by atoms with E-state index in [9.17, 15) is 9.00 Å². The van der Waals surface area contributed by atoms with Crippen molar-refractivity contribution in [2.24, 2.45) is 0 Å². The highest BCUT2D eigenvalue weighted by Crippen LogP contribution is 2.03. The van der Waals surface area contributed by atoms with Gasteiger partial charge in [0.1, 0.15) is 10.0 Å². The quantitative estimate of drug-likeness (QED) is 0.382. The summed E-state index contributed by atoms with van der Waals surface area (Å²) in [7, 11) is 5.37. The van der Waals surface area contributed by atoms with Crippen molar-refractivity contribution < 1.29 is 13.7 Å². The predicted octanol–water partition coefficient (Wildman–Crippen LogP) is 1.62. The standard InChI is InChI=1S/C7H13ClO3S/c1-11-7(9)5-3-2-4-6-12(8)10/h2-6H2,1H3. The highest BCUT2D eigenvalue weighted by molar-refractivity contribution is 8.08. The van der Waals surface area contributed by atoms with Gasteiger partial charge in [-0.25, -0.2) is 4.21 Å². The summed E-state index contributed by atoms with van der Waals surface area (Å²) in [6.45, 7) is 0. The van der Waals surface area contributed by atoms with Gasteiger partial charge < -0.3 is 4.74 Å². The van der Waals surface area contributed by atoms with Gasteiger partial charge in [0, 0.05) is 12.2 Å². The highest BCUT2D eigenvalue weighted by atomic mass is 35.7. The smallest absolute Gasteiger partial charge is 0.305 e. The Balaban J connectivity index is 3.11. The fourth-order valence-corrected chi connectivity index (χ4v) is 1.52. The Labute approximate surface area is 79.4 Å². The molecule has 0 aromatic carbocycles. The number of unbranched alkanes of at least 4 members (excludes halogenated alkanes) is 2. The van der Waals surface area contributed by atoms with Crippen LogP contribution in [0.1, 0.15) is 25.7 Å². The number of halogens is 1. The number of hydrogen-bond donors (Lipinski definition) is 0. The number of esters is 1. The first-order chi connectivity index (χ1) is 5.66. The van der Waals surface area contributed by atoms with E-state index in [1.807, 2.05) is 0 Å². The summed E-state index contributed by atoms with van der Waals surface area (Å²) in [6.07, 6.45) is 2.88. The van der Waals surface area contributed by atoms with Crippen LogP contribution in [-0.2, 0) is 19.5 Å². The summed E-state index contributed by atoms with van der Waals surface area (Å²) >= 11 is 0. The molecule has 0 aliphatic rings. The topological polar surface area (TPSA) is 43.4 Å². The largest absolute Gasteiger partial charge is 0.469 e. The predicted molar refractivity (Wildman–Crippen MR) is 49.3 cm³/mol. The molecular formula is C7H13ClO3S. The lowest BCUT2D eigenvalue weighted by Crippen LogP contribution is -1.99. The summed E-state index contributed by atoms with van der Waals surface area (Å²) in [4.78, 5) is 10.6. The maximum absolute atomic E-state index is 10.6. The van der Waals surface area contributed by atoms with Gasteiger partial charge in [-0.1, -0.05) is 6.42 Å². The number of rotatable bonds is 6. The van der Waals surface area contributed by atoms with Crippen molar-refractivity contribution in [1.82, 2.24) is 0 Å². The second-order valence-corrected chi connectivity index (χ2v) is 4.40. The Hall–Kier alpha value is -0.0900. The Morgan fingerprint density at radius 2 is 2.08 bits per heavy atom. The number of carbonyl (C=O) groups excluding carboxylic acids is 1. The van der Waals surface area contributed by atoms with Crippen LogP contribution in [0.5, 0.6) is 0 Å². The molecular weight excluding hydrogens is 200 g/mol. The molecule has 0 aliphatic heterocycles. The van der Waals surface area contributed by atoms with Crippen molar-refractivity contribution in [3.8, 4) is 0 Å². The Morgan fingerprint density at radius 1 is 1.42 bits per heavy atom. The number of hydrogen-bond acceptors (Lipinski definition) is 3. The maximum atomic E-state index is 10.6. The molecule has 1 atom stereocenters. The molecule has 0 fully saturated rings. The Kier molecular flexibility index (Phi) is 7.50. The summed E-state index contributed by atoms with van der Waals surface area (Å²) in [6, 6.07) is 0. The minimum atomic E-state index is -1.23. The van der Waals surface area contributed by atoms with Crippen LogP contribution in [0, 0.1) is 0 Å². The number of carbonyl (C=O) groups is 1. The first-order valence-corrected chi connectivity index (χ1v) is 5.92. The molecule has 5 heteroatoms. The van der Waals surface area contributed by atoms with Gasteiger partial charge in [0.15, 0.2) is 0 Å². The van der Waals surface area contributed by atoms with Gasteiger partial charge in [0.25, 0.3) is 0 Å². The molecule has 0 radical (unpaired) electrons. The minimum absolute atomic E-state index is 0.193. The van der Waals surface area contributed by atoms with E-state index in [1.54, 1.807) is 0 Å². The number of ether oxygens (including phenoxy) is 1. The molecule has 0 heterocycles. The van der Waals surface area contributed by atoms with E-state index in [-0.39, 0.29) is 5.97 Å². The van der Waals surface area contributed by atoms with Gasteiger partial charge in [-0.2, -0.15) is 0 Å². The zero-order chi connectivity index (χ0) is 9.40. The fourth-order valence-electron chi connectivity index (χ4n) is 0.764. The lowest BCUT2D eigenvalue weighted by Gasteiger charge is -1.97. The zero-order valence-corrected chi connectivity index (χ0v) is 8.62. The third-order valence-electron chi connectivity index (χ3n) is 1.41. The molecule has 12 heavy (non-hydrogen) atoms. The first kappa shape index (κ1) is 11.9. The summed E-state index contributed by atoms with van der Waals surface area (Å²) < 4.78 is 14.8.